The van der Waals surface area contributed by atoms with Crippen molar-refractivity contribution in [3.05, 3.63) is 16.1 Å². The van der Waals surface area contributed by atoms with Crippen molar-refractivity contribution in [2.45, 2.75) is 77.9 Å². The van der Waals surface area contributed by atoms with Crippen molar-refractivity contribution in [1.82, 2.24) is 10.3 Å². The van der Waals surface area contributed by atoms with Crippen molar-refractivity contribution in [3.8, 4) is 0 Å². The molecular formula is C16H28N2O2S. The van der Waals surface area contributed by atoms with Gasteiger partial charge in [-0.15, -0.1) is 11.3 Å². The molecule has 0 aliphatic carbocycles. The summed E-state index contributed by atoms with van der Waals surface area (Å²) < 4.78 is 11.7. The minimum absolute atomic E-state index is 0.0577. The monoisotopic (exact) mass is 312 g/mol. The van der Waals surface area contributed by atoms with Crippen LogP contribution in [-0.2, 0) is 16.0 Å². The van der Waals surface area contributed by atoms with E-state index in [-0.39, 0.29) is 17.3 Å². The molecular weight excluding hydrogens is 284 g/mol. The highest BCUT2D eigenvalue weighted by Gasteiger charge is 2.45. The fourth-order valence-corrected chi connectivity index (χ4v) is 3.84. The van der Waals surface area contributed by atoms with Crippen LogP contribution in [0.2, 0.25) is 0 Å². The van der Waals surface area contributed by atoms with Gasteiger partial charge in [0.2, 0.25) is 0 Å². The van der Waals surface area contributed by atoms with Gasteiger partial charge in [-0.1, -0.05) is 0 Å². The third kappa shape index (κ3) is 4.25. The number of hydrogen-bond acceptors (Lipinski definition) is 5. The molecule has 1 aromatic heterocycles. The van der Waals surface area contributed by atoms with Gasteiger partial charge in [-0.3, -0.25) is 0 Å². The number of aromatic nitrogens is 1. The maximum atomic E-state index is 6.11. The molecule has 120 valence electrons. The van der Waals surface area contributed by atoms with Gasteiger partial charge < -0.3 is 14.8 Å². The van der Waals surface area contributed by atoms with E-state index < -0.39 is 0 Å². The molecule has 0 spiro atoms. The largest absolute Gasteiger partial charge is 0.372 e. The van der Waals surface area contributed by atoms with Gasteiger partial charge in [-0.2, -0.15) is 0 Å². The summed E-state index contributed by atoms with van der Waals surface area (Å²) >= 11 is 1.67. The van der Waals surface area contributed by atoms with E-state index in [0.29, 0.717) is 6.04 Å². The first-order chi connectivity index (χ1) is 9.73. The Morgan fingerprint density at radius 2 is 2.19 bits per heavy atom. The molecule has 4 nitrogen and oxygen atoms in total. The lowest BCUT2D eigenvalue weighted by Gasteiger charge is -2.27. The van der Waals surface area contributed by atoms with Gasteiger partial charge in [0, 0.05) is 24.6 Å². The number of rotatable bonds is 6. The molecule has 1 aliphatic heterocycles. The van der Waals surface area contributed by atoms with Crippen LogP contribution in [0.4, 0.5) is 0 Å². The van der Waals surface area contributed by atoms with E-state index in [1.807, 2.05) is 6.92 Å². The third-order valence-electron chi connectivity index (χ3n) is 3.94. The second kappa shape index (κ2) is 6.32. The summed E-state index contributed by atoms with van der Waals surface area (Å²) in [7, 11) is 0. The smallest absolute Gasteiger partial charge is 0.122 e. The van der Waals surface area contributed by atoms with Gasteiger partial charge in [0.15, 0.2) is 0 Å². The zero-order chi connectivity index (χ0) is 15.7. The van der Waals surface area contributed by atoms with Crippen molar-refractivity contribution in [1.29, 1.82) is 0 Å². The first-order valence-corrected chi connectivity index (χ1v) is 8.61. The average molecular weight is 312 g/mol. The molecule has 1 N–H and O–H groups in total. The summed E-state index contributed by atoms with van der Waals surface area (Å²) in [5.41, 5.74) is 0.890. The van der Waals surface area contributed by atoms with Gasteiger partial charge in [-0.25, -0.2) is 4.98 Å². The number of ether oxygens (including phenoxy) is 2. The van der Waals surface area contributed by atoms with Crippen molar-refractivity contribution < 1.29 is 9.47 Å². The van der Waals surface area contributed by atoms with Gasteiger partial charge in [0.05, 0.1) is 16.9 Å². The molecule has 2 rings (SSSR count). The molecule has 0 saturated carbocycles. The maximum absolute atomic E-state index is 6.11. The summed E-state index contributed by atoms with van der Waals surface area (Å²) in [6.07, 6.45) is 1.10. The van der Waals surface area contributed by atoms with Crippen LogP contribution >= 0.6 is 11.3 Å². The normalized spacial score (nSPS) is 25.1. The van der Waals surface area contributed by atoms with E-state index in [0.717, 1.165) is 30.3 Å². The Hall–Kier alpha value is -0.490. The van der Waals surface area contributed by atoms with Crippen LogP contribution in [0.15, 0.2) is 5.38 Å². The highest BCUT2D eigenvalue weighted by Crippen LogP contribution is 2.37. The number of thiazole rings is 1. The number of nitrogens with one attached hydrogen (secondary N) is 1. The zero-order valence-corrected chi connectivity index (χ0v) is 14.8. The Labute approximate surface area is 132 Å². The highest BCUT2D eigenvalue weighted by molar-refractivity contribution is 7.09. The lowest BCUT2D eigenvalue weighted by atomic mass is 9.94. The van der Waals surface area contributed by atoms with Crippen molar-refractivity contribution in [2.24, 2.45) is 0 Å². The fraction of sp³-hybridized carbons (Fsp3) is 0.812. The molecule has 0 aromatic carbocycles. The Morgan fingerprint density at radius 3 is 2.76 bits per heavy atom. The molecule has 0 bridgehead atoms. The molecule has 1 fully saturated rings. The molecule has 21 heavy (non-hydrogen) atoms. The van der Waals surface area contributed by atoms with E-state index in [4.69, 9.17) is 9.47 Å². The summed E-state index contributed by atoms with van der Waals surface area (Å²) in [5.74, 6) is 0. The maximum Gasteiger partial charge on any atom is 0.122 e. The minimum Gasteiger partial charge on any atom is -0.372 e. The Kier molecular flexibility index (Phi) is 5.08. The van der Waals surface area contributed by atoms with Gasteiger partial charge in [0.1, 0.15) is 11.1 Å². The first-order valence-electron chi connectivity index (χ1n) is 7.73. The average Bonchev–Trinajstić information content (AvgIpc) is 2.89. The van der Waals surface area contributed by atoms with Gasteiger partial charge in [0.25, 0.3) is 0 Å². The van der Waals surface area contributed by atoms with Crippen LogP contribution in [0.5, 0.6) is 0 Å². The summed E-state index contributed by atoms with van der Waals surface area (Å²) in [5, 5.41) is 6.78. The van der Waals surface area contributed by atoms with Crippen molar-refractivity contribution in [2.75, 3.05) is 6.61 Å². The molecule has 0 unspecified atom stereocenters. The Morgan fingerprint density at radius 1 is 1.48 bits per heavy atom. The molecule has 1 aromatic rings. The number of hydrogen-bond donors (Lipinski definition) is 1. The molecule has 1 saturated heterocycles. The molecule has 0 radical (unpaired) electrons. The zero-order valence-electron chi connectivity index (χ0n) is 14.0. The third-order valence-corrected chi connectivity index (χ3v) is 4.99. The summed E-state index contributed by atoms with van der Waals surface area (Å²) in [6, 6.07) is 0.349. The lowest BCUT2D eigenvalue weighted by molar-refractivity contribution is -0.0699. The van der Waals surface area contributed by atoms with E-state index in [2.05, 4.69) is 50.3 Å². The Balaban J connectivity index is 1.92. The topological polar surface area (TPSA) is 43.4 Å². The molecule has 2 atom stereocenters. The SMILES string of the molecule is CCO[C@H](C)c1nc(CN[C@@H]2CC(C)(C)OC2(C)C)cs1. The van der Waals surface area contributed by atoms with E-state index in [9.17, 15) is 0 Å². The van der Waals surface area contributed by atoms with Crippen molar-refractivity contribution in [3.63, 3.8) is 0 Å². The van der Waals surface area contributed by atoms with E-state index in [1.54, 1.807) is 11.3 Å². The lowest BCUT2D eigenvalue weighted by Crippen LogP contribution is -2.43. The second-order valence-corrected chi connectivity index (χ2v) is 7.77. The quantitative estimate of drug-likeness (QED) is 0.870. The minimum atomic E-state index is -0.138. The van der Waals surface area contributed by atoms with Crippen LogP contribution < -0.4 is 5.32 Å². The van der Waals surface area contributed by atoms with Crippen LogP contribution in [0, 0.1) is 0 Å². The predicted molar refractivity (Wildman–Crippen MR) is 86.6 cm³/mol. The van der Waals surface area contributed by atoms with Crippen molar-refractivity contribution >= 4 is 11.3 Å². The fourth-order valence-electron chi connectivity index (χ4n) is 3.02. The summed E-state index contributed by atoms with van der Waals surface area (Å²) in [6.45, 7) is 14.2. The van der Waals surface area contributed by atoms with Crippen LogP contribution in [0.25, 0.3) is 0 Å². The highest BCUT2D eigenvalue weighted by atomic mass is 32.1. The first kappa shape index (κ1) is 16.9. The molecule has 1 aliphatic rings. The molecule has 0 amide bonds. The Bertz CT molecular complexity index is 471. The predicted octanol–water partition coefficient (Wildman–Crippen LogP) is 3.68. The summed E-state index contributed by atoms with van der Waals surface area (Å²) in [4.78, 5) is 4.66. The van der Waals surface area contributed by atoms with Crippen LogP contribution in [-0.4, -0.2) is 28.8 Å². The van der Waals surface area contributed by atoms with Gasteiger partial charge >= 0.3 is 0 Å². The van der Waals surface area contributed by atoms with E-state index >= 15 is 0 Å². The number of nitrogens with zero attached hydrogens (tertiary/aromatic N) is 1. The second-order valence-electron chi connectivity index (χ2n) is 6.88. The van der Waals surface area contributed by atoms with Crippen LogP contribution in [0.1, 0.15) is 64.8 Å². The molecule has 2 heterocycles. The molecule has 5 heteroatoms. The van der Waals surface area contributed by atoms with Gasteiger partial charge in [-0.05, 0) is 48.0 Å². The standard InChI is InChI=1S/C16H28N2O2S/c1-7-19-11(2)14-18-12(10-21-14)9-17-13-8-15(3,4)20-16(13,5)6/h10-11,13,17H,7-9H2,1-6H3/t11-,13-/m1/s1. The van der Waals surface area contributed by atoms with Crippen LogP contribution in [0.3, 0.4) is 0 Å². The van der Waals surface area contributed by atoms with E-state index in [1.165, 1.54) is 0 Å².